The Morgan fingerprint density at radius 1 is 0.857 bits per heavy atom. The lowest BCUT2D eigenvalue weighted by Gasteiger charge is -2.28. The molecule has 0 spiro atoms. The molecule has 1 saturated carbocycles. The summed E-state index contributed by atoms with van der Waals surface area (Å²) in [4.78, 5) is 0. The molecule has 1 fully saturated rings. The van der Waals surface area contributed by atoms with Crippen molar-refractivity contribution in [3.63, 3.8) is 0 Å². The predicted octanol–water partition coefficient (Wildman–Crippen LogP) is 7.16. The van der Waals surface area contributed by atoms with Crippen molar-refractivity contribution in [3.8, 4) is 11.3 Å². The van der Waals surface area contributed by atoms with Crippen LogP contribution in [0.15, 0.2) is 30.3 Å². The van der Waals surface area contributed by atoms with E-state index in [9.17, 15) is 4.39 Å². The first-order valence-electron chi connectivity index (χ1n) is 11.3. The minimum absolute atomic E-state index is 0.103. The van der Waals surface area contributed by atoms with Gasteiger partial charge in [0.05, 0.1) is 11.4 Å². The lowest BCUT2D eigenvalue weighted by molar-refractivity contribution is 0.249. The smallest absolute Gasteiger partial charge is 0.127 e. The van der Waals surface area contributed by atoms with Gasteiger partial charge in [-0.05, 0) is 54.9 Å². The second-order valence-electron chi connectivity index (χ2n) is 8.53. The summed E-state index contributed by atoms with van der Waals surface area (Å²) < 4.78 is 14.6. The molecule has 0 atom stereocenters. The fourth-order valence-corrected chi connectivity index (χ4v) is 4.47. The summed E-state index contributed by atoms with van der Waals surface area (Å²) in [5.41, 5.74) is 3.39. The summed E-state index contributed by atoms with van der Waals surface area (Å²) in [6.07, 6.45) is 13.4. The minimum atomic E-state index is -0.103. The first kappa shape index (κ1) is 21.0. The summed E-state index contributed by atoms with van der Waals surface area (Å²) in [5.74, 6) is 1.61. The van der Waals surface area contributed by atoms with Crippen LogP contribution < -0.4 is 0 Å². The number of nitrogens with zero attached hydrogens (tertiary/aromatic N) is 2. The lowest BCUT2D eigenvalue weighted by atomic mass is 9.78. The zero-order chi connectivity index (χ0) is 19.8. The molecule has 0 amide bonds. The topological polar surface area (TPSA) is 25.8 Å². The molecule has 28 heavy (non-hydrogen) atoms. The van der Waals surface area contributed by atoms with E-state index in [0.717, 1.165) is 60.0 Å². The normalized spacial score (nSPS) is 19.7. The van der Waals surface area contributed by atoms with Crippen molar-refractivity contribution in [2.24, 2.45) is 11.8 Å². The SMILES string of the molecule is CCCC[C@H]1CC[C@H](CCc2ccc(-c3ccc(CCC)nn3)cc2F)CC1. The van der Waals surface area contributed by atoms with Crippen molar-refractivity contribution in [3.05, 3.63) is 47.4 Å². The van der Waals surface area contributed by atoms with Crippen LogP contribution in [-0.4, -0.2) is 10.2 Å². The third-order valence-corrected chi connectivity index (χ3v) is 6.33. The van der Waals surface area contributed by atoms with Gasteiger partial charge in [0.15, 0.2) is 0 Å². The van der Waals surface area contributed by atoms with E-state index in [2.05, 4.69) is 24.0 Å². The molecule has 1 aliphatic rings. The summed E-state index contributed by atoms with van der Waals surface area (Å²) in [6.45, 7) is 4.40. The van der Waals surface area contributed by atoms with Crippen molar-refractivity contribution >= 4 is 0 Å². The van der Waals surface area contributed by atoms with Gasteiger partial charge in [0.1, 0.15) is 5.82 Å². The van der Waals surface area contributed by atoms with Crippen molar-refractivity contribution in [2.45, 2.75) is 84.5 Å². The molecule has 0 bridgehead atoms. The van der Waals surface area contributed by atoms with Crippen molar-refractivity contribution in [2.75, 3.05) is 0 Å². The number of rotatable bonds is 9. The first-order chi connectivity index (χ1) is 13.7. The molecule has 1 heterocycles. The Morgan fingerprint density at radius 2 is 1.61 bits per heavy atom. The number of benzene rings is 1. The molecular formula is C25H35FN2. The summed E-state index contributed by atoms with van der Waals surface area (Å²) >= 11 is 0. The van der Waals surface area contributed by atoms with Crippen molar-refractivity contribution in [1.82, 2.24) is 10.2 Å². The highest BCUT2D eigenvalue weighted by molar-refractivity contribution is 5.59. The van der Waals surface area contributed by atoms with Crippen LogP contribution in [0.1, 0.15) is 82.9 Å². The molecule has 1 aliphatic carbocycles. The molecular weight excluding hydrogens is 347 g/mol. The third-order valence-electron chi connectivity index (χ3n) is 6.33. The molecule has 1 aromatic heterocycles. The fourth-order valence-electron chi connectivity index (χ4n) is 4.47. The van der Waals surface area contributed by atoms with Crippen LogP contribution >= 0.6 is 0 Å². The van der Waals surface area contributed by atoms with Crippen LogP contribution in [0, 0.1) is 17.7 Å². The van der Waals surface area contributed by atoms with Gasteiger partial charge in [-0.2, -0.15) is 10.2 Å². The number of hydrogen-bond donors (Lipinski definition) is 0. The monoisotopic (exact) mass is 382 g/mol. The van der Waals surface area contributed by atoms with Crippen LogP contribution in [0.3, 0.4) is 0 Å². The second kappa shape index (κ2) is 10.7. The second-order valence-corrected chi connectivity index (χ2v) is 8.53. The molecule has 3 heteroatoms. The van der Waals surface area contributed by atoms with Crippen molar-refractivity contribution in [1.29, 1.82) is 0 Å². The largest absolute Gasteiger partial charge is 0.207 e. The van der Waals surface area contributed by atoms with E-state index in [1.807, 2.05) is 24.3 Å². The maximum absolute atomic E-state index is 14.6. The standard InChI is InChI=1S/C25H35FN2/c1-3-5-7-19-8-10-20(11-9-19)12-13-21-14-15-22(18-24(21)26)25-17-16-23(6-4-2)27-28-25/h14-20H,3-13H2,1-2H3/t19-,20-. The highest BCUT2D eigenvalue weighted by atomic mass is 19.1. The molecule has 0 radical (unpaired) electrons. The van der Waals surface area contributed by atoms with E-state index in [1.54, 1.807) is 6.07 Å². The Kier molecular flexibility index (Phi) is 8.00. The van der Waals surface area contributed by atoms with E-state index in [-0.39, 0.29) is 5.82 Å². The van der Waals surface area contributed by atoms with Gasteiger partial charge in [0, 0.05) is 5.56 Å². The molecule has 152 valence electrons. The van der Waals surface area contributed by atoms with Gasteiger partial charge < -0.3 is 0 Å². The highest BCUT2D eigenvalue weighted by Gasteiger charge is 2.21. The Morgan fingerprint density at radius 3 is 2.21 bits per heavy atom. The average Bonchev–Trinajstić information content (AvgIpc) is 2.73. The highest BCUT2D eigenvalue weighted by Crippen LogP contribution is 2.34. The number of unbranched alkanes of at least 4 members (excludes halogenated alkanes) is 1. The zero-order valence-electron chi connectivity index (χ0n) is 17.6. The summed E-state index contributed by atoms with van der Waals surface area (Å²) in [6, 6.07) is 9.50. The molecule has 0 aliphatic heterocycles. The Bertz CT molecular complexity index is 718. The number of halogens is 1. The third kappa shape index (κ3) is 5.86. The first-order valence-corrected chi connectivity index (χ1v) is 11.3. The predicted molar refractivity (Wildman–Crippen MR) is 115 cm³/mol. The zero-order valence-corrected chi connectivity index (χ0v) is 17.6. The van der Waals surface area contributed by atoms with Crippen LogP contribution in [0.4, 0.5) is 4.39 Å². The average molecular weight is 383 g/mol. The summed E-state index contributed by atoms with van der Waals surface area (Å²) in [7, 11) is 0. The van der Waals surface area contributed by atoms with Gasteiger partial charge in [0.25, 0.3) is 0 Å². The lowest BCUT2D eigenvalue weighted by Crippen LogP contribution is -2.15. The van der Waals surface area contributed by atoms with Crippen molar-refractivity contribution < 1.29 is 4.39 Å². The number of aromatic nitrogens is 2. The van der Waals surface area contributed by atoms with E-state index < -0.39 is 0 Å². The molecule has 2 nitrogen and oxygen atoms in total. The Balaban J connectivity index is 1.52. The van der Waals surface area contributed by atoms with Gasteiger partial charge in [-0.1, -0.05) is 77.3 Å². The van der Waals surface area contributed by atoms with Gasteiger partial charge in [-0.3, -0.25) is 0 Å². The van der Waals surface area contributed by atoms with Gasteiger partial charge >= 0.3 is 0 Å². The molecule has 2 aromatic rings. The van der Waals surface area contributed by atoms with Crippen LogP contribution in [0.5, 0.6) is 0 Å². The maximum Gasteiger partial charge on any atom is 0.127 e. The van der Waals surface area contributed by atoms with Gasteiger partial charge in [-0.25, -0.2) is 4.39 Å². The van der Waals surface area contributed by atoms with Gasteiger partial charge in [-0.15, -0.1) is 0 Å². The molecule has 3 rings (SSSR count). The van der Waals surface area contributed by atoms with E-state index >= 15 is 0 Å². The quantitative estimate of drug-likeness (QED) is 0.459. The Labute approximate surface area is 170 Å². The molecule has 0 N–H and O–H groups in total. The minimum Gasteiger partial charge on any atom is -0.207 e. The number of hydrogen-bond acceptors (Lipinski definition) is 2. The van der Waals surface area contributed by atoms with Crippen LogP contribution in [-0.2, 0) is 12.8 Å². The van der Waals surface area contributed by atoms with Crippen LogP contribution in [0.2, 0.25) is 0 Å². The van der Waals surface area contributed by atoms with E-state index in [0.29, 0.717) is 0 Å². The molecule has 1 aromatic carbocycles. The van der Waals surface area contributed by atoms with Gasteiger partial charge in [0.2, 0.25) is 0 Å². The van der Waals surface area contributed by atoms with Crippen LogP contribution in [0.25, 0.3) is 11.3 Å². The van der Waals surface area contributed by atoms with E-state index in [4.69, 9.17) is 0 Å². The maximum atomic E-state index is 14.6. The molecule has 0 saturated heterocycles. The fraction of sp³-hybridized carbons (Fsp3) is 0.600. The molecule has 0 unspecified atom stereocenters. The summed E-state index contributed by atoms with van der Waals surface area (Å²) in [5, 5.41) is 8.52. The van der Waals surface area contributed by atoms with E-state index in [1.165, 1.54) is 44.9 Å². The number of aryl methyl sites for hydroxylation is 2. The Hall–Kier alpha value is -1.77.